The minimum Gasteiger partial charge on any atom is -0.241 e. The van der Waals surface area contributed by atoms with Gasteiger partial charge in [-0.2, -0.15) is 0 Å². The molecule has 2 rings (SSSR count). The molecule has 0 saturated heterocycles. The molecular weight excluding hydrogens is 174 g/mol. The van der Waals surface area contributed by atoms with Crippen molar-refractivity contribution >= 4 is 22.6 Å². The first-order valence-electron chi connectivity index (χ1n) is 3.51. The van der Waals surface area contributed by atoms with Crippen LogP contribution in [0.4, 0.5) is 0 Å². The predicted octanol–water partition coefficient (Wildman–Crippen LogP) is 1.99. The summed E-state index contributed by atoms with van der Waals surface area (Å²) in [6, 6.07) is 1.72. The van der Waals surface area contributed by atoms with Gasteiger partial charge >= 0.3 is 0 Å². The maximum absolute atomic E-state index is 5.89. The summed E-state index contributed by atoms with van der Waals surface area (Å²) in [7, 11) is 0. The Kier molecular flexibility index (Phi) is 1.66. The fraction of sp³-hybridized carbons (Fsp3) is 0.125. The quantitative estimate of drug-likeness (QED) is 0.621. The first-order valence-corrected chi connectivity index (χ1v) is 3.89. The van der Waals surface area contributed by atoms with E-state index in [1.54, 1.807) is 18.5 Å². The van der Waals surface area contributed by atoms with E-state index in [1.807, 2.05) is 6.92 Å². The van der Waals surface area contributed by atoms with Crippen LogP contribution in [-0.2, 0) is 0 Å². The van der Waals surface area contributed by atoms with Gasteiger partial charge in [-0.15, -0.1) is 0 Å². The van der Waals surface area contributed by atoms with Crippen molar-refractivity contribution in [1.82, 2.24) is 15.0 Å². The molecule has 0 aliphatic rings. The van der Waals surface area contributed by atoms with Crippen LogP contribution in [0.15, 0.2) is 18.5 Å². The first kappa shape index (κ1) is 7.43. The van der Waals surface area contributed by atoms with Crippen molar-refractivity contribution in [3.63, 3.8) is 0 Å². The molecular formula is C8H6ClN3. The van der Waals surface area contributed by atoms with Gasteiger partial charge in [0.25, 0.3) is 0 Å². The maximum Gasteiger partial charge on any atom is 0.164 e. The van der Waals surface area contributed by atoms with Crippen LogP contribution in [0.3, 0.4) is 0 Å². The third kappa shape index (κ3) is 1.12. The molecule has 0 N–H and O–H groups in total. The molecule has 0 fully saturated rings. The molecule has 0 aromatic carbocycles. The number of halogens is 1. The molecule has 2 aromatic rings. The van der Waals surface area contributed by atoms with Crippen molar-refractivity contribution < 1.29 is 0 Å². The van der Waals surface area contributed by atoms with E-state index in [9.17, 15) is 0 Å². The number of hydrogen-bond donors (Lipinski definition) is 0. The van der Waals surface area contributed by atoms with E-state index in [1.165, 1.54) is 0 Å². The van der Waals surface area contributed by atoms with Crippen LogP contribution < -0.4 is 0 Å². The zero-order chi connectivity index (χ0) is 8.55. The molecule has 0 aliphatic heterocycles. The number of hydrogen-bond acceptors (Lipinski definition) is 3. The largest absolute Gasteiger partial charge is 0.241 e. The lowest BCUT2D eigenvalue weighted by molar-refractivity contribution is 1.07. The van der Waals surface area contributed by atoms with Crippen molar-refractivity contribution in [1.29, 1.82) is 0 Å². The van der Waals surface area contributed by atoms with Crippen LogP contribution in [0.1, 0.15) is 5.82 Å². The molecule has 0 bridgehead atoms. The molecule has 0 amide bonds. The summed E-state index contributed by atoms with van der Waals surface area (Å²) in [6.45, 7) is 1.82. The van der Waals surface area contributed by atoms with Crippen molar-refractivity contribution in [2.75, 3.05) is 0 Å². The van der Waals surface area contributed by atoms with Gasteiger partial charge in [-0.05, 0) is 13.0 Å². The third-order valence-corrected chi connectivity index (χ3v) is 1.89. The van der Waals surface area contributed by atoms with Gasteiger partial charge in [0.2, 0.25) is 0 Å². The van der Waals surface area contributed by atoms with E-state index in [0.717, 1.165) is 5.39 Å². The lowest BCUT2D eigenvalue weighted by Crippen LogP contribution is -1.90. The van der Waals surface area contributed by atoms with Crippen LogP contribution in [0.25, 0.3) is 11.0 Å². The van der Waals surface area contributed by atoms with E-state index in [2.05, 4.69) is 15.0 Å². The van der Waals surface area contributed by atoms with Gasteiger partial charge in [0.05, 0.1) is 10.4 Å². The summed E-state index contributed by atoms with van der Waals surface area (Å²) >= 11 is 5.89. The van der Waals surface area contributed by atoms with Crippen LogP contribution in [-0.4, -0.2) is 15.0 Å². The highest BCUT2D eigenvalue weighted by molar-refractivity contribution is 6.35. The zero-order valence-corrected chi connectivity index (χ0v) is 7.21. The van der Waals surface area contributed by atoms with Crippen molar-refractivity contribution in [2.45, 2.75) is 6.92 Å². The Bertz CT molecular complexity index is 428. The standard InChI is InChI=1S/C8H6ClN3/c1-5-11-4-6-7(9)2-3-10-8(6)12-5/h2-4H,1H3. The van der Waals surface area contributed by atoms with Crippen LogP contribution in [0.5, 0.6) is 0 Å². The van der Waals surface area contributed by atoms with Crippen molar-refractivity contribution in [3.8, 4) is 0 Å². The van der Waals surface area contributed by atoms with Crippen molar-refractivity contribution in [2.24, 2.45) is 0 Å². The SMILES string of the molecule is Cc1ncc2c(Cl)ccnc2n1. The molecule has 0 unspecified atom stereocenters. The van der Waals surface area contributed by atoms with E-state index in [4.69, 9.17) is 11.6 Å². The van der Waals surface area contributed by atoms with E-state index in [-0.39, 0.29) is 0 Å². The summed E-state index contributed by atoms with van der Waals surface area (Å²) in [5.74, 6) is 0.706. The summed E-state index contributed by atoms with van der Waals surface area (Å²) in [4.78, 5) is 12.2. The fourth-order valence-corrected chi connectivity index (χ4v) is 1.18. The fourth-order valence-electron chi connectivity index (χ4n) is 0.988. The molecule has 0 spiro atoms. The zero-order valence-electron chi connectivity index (χ0n) is 6.45. The highest BCUT2D eigenvalue weighted by Gasteiger charge is 2.00. The number of aryl methyl sites for hydroxylation is 1. The predicted molar refractivity (Wildman–Crippen MR) is 47.1 cm³/mol. The van der Waals surface area contributed by atoms with Gasteiger partial charge in [-0.25, -0.2) is 15.0 Å². The van der Waals surface area contributed by atoms with Crippen LogP contribution in [0.2, 0.25) is 5.02 Å². The molecule has 4 heteroatoms. The van der Waals surface area contributed by atoms with Gasteiger partial charge in [0, 0.05) is 12.4 Å². The Morgan fingerprint density at radius 1 is 1.33 bits per heavy atom. The lowest BCUT2D eigenvalue weighted by Gasteiger charge is -1.97. The molecule has 2 heterocycles. The first-order chi connectivity index (χ1) is 5.77. The number of aromatic nitrogens is 3. The Morgan fingerprint density at radius 3 is 3.00 bits per heavy atom. The highest BCUT2D eigenvalue weighted by atomic mass is 35.5. The molecule has 12 heavy (non-hydrogen) atoms. The topological polar surface area (TPSA) is 38.7 Å². The van der Waals surface area contributed by atoms with E-state index in [0.29, 0.717) is 16.5 Å². The Balaban J connectivity index is 2.86. The summed E-state index contributed by atoms with van der Waals surface area (Å²) in [5, 5.41) is 1.43. The maximum atomic E-state index is 5.89. The molecule has 0 saturated carbocycles. The average molecular weight is 180 g/mol. The highest BCUT2D eigenvalue weighted by Crippen LogP contribution is 2.18. The molecule has 0 atom stereocenters. The van der Waals surface area contributed by atoms with Crippen molar-refractivity contribution in [3.05, 3.63) is 29.3 Å². The third-order valence-electron chi connectivity index (χ3n) is 1.56. The van der Waals surface area contributed by atoms with Gasteiger partial charge in [-0.3, -0.25) is 0 Å². The lowest BCUT2D eigenvalue weighted by atomic mass is 10.3. The second-order valence-electron chi connectivity index (χ2n) is 2.45. The minimum absolute atomic E-state index is 0.639. The number of pyridine rings is 1. The summed E-state index contributed by atoms with van der Waals surface area (Å²) in [5.41, 5.74) is 0.648. The van der Waals surface area contributed by atoms with Gasteiger partial charge < -0.3 is 0 Å². The monoisotopic (exact) mass is 179 g/mol. The number of nitrogens with zero attached hydrogens (tertiary/aromatic N) is 3. The molecule has 0 aliphatic carbocycles. The average Bonchev–Trinajstić information content (AvgIpc) is 2.04. The Labute approximate surface area is 74.4 Å². The van der Waals surface area contributed by atoms with Gasteiger partial charge in [-0.1, -0.05) is 11.6 Å². The normalized spacial score (nSPS) is 10.5. The van der Waals surface area contributed by atoms with E-state index < -0.39 is 0 Å². The van der Waals surface area contributed by atoms with Gasteiger partial charge in [0.15, 0.2) is 5.65 Å². The Hall–Kier alpha value is -1.22. The second kappa shape index (κ2) is 2.68. The van der Waals surface area contributed by atoms with Crippen LogP contribution >= 0.6 is 11.6 Å². The van der Waals surface area contributed by atoms with Gasteiger partial charge in [0.1, 0.15) is 5.82 Å². The molecule has 3 nitrogen and oxygen atoms in total. The molecule has 60 valence electrons. The minimum atomic E-state index is 0.639. The summed E-state index contributed by atoms with van der Waals surface area (Å²) < 4.78 is 0. The summed E-state index contributed by atoms with van der Waals surface area (Å²) in [6.07, 6.45) is 3.32. The molecule has 0 radical (unpaired) electrons. The number of rotatable bonds is 0. The Morgan fingerprint density at radius 2 is 2.17 bits per heavy atom. The number of fused-ring (bicyclic) bond motifs is 1. The van der Waals surface area contributed by atoms with Crippen LogP contribution in [0, 0.1) is 6.92 Å². The molecule has 2 aromatic heterocycles. The second-order valence-corrected chi connectivity index (χ2v) is 2.85. The van der Waals surface area contributed by atoms with E-state index >= 15 is 0 Å². The smallest absolute Gasteiger partial charge is 0.164 e.